The number of nitrogens with zero attached hydrogens (tertiary/aromatic N) is 3. The maximum atomic E-state index is 12.4. The number of piperazine rings is 1. The number of rotatable bonds is 5. The van der Waals surface area contributed by atoms with Crippen molar-refractivity contribution in [2.45, 2.75) is 39.0 Å². The minimum atomic E-state index is -0.0159. The molecule has 0 radical (unpaired) electrons. The molecule has 6 nitrogen and oxygen atoms in total. The zero-order chi connectivity index (χ0) is 18.6. The van der Waals surface area contributed by atoms with Crippen LogP contribution in [0, 0.1) is 17.8 Å². The molecule has 4 rings (SSSR count). The van der Waals surface area contributed by atoms with Gasteiger partial charge in [0.1, 0.15) is 0 Å². The minimum absolute atomic E-state index is 0.0159. The number of fused-ring (bicyclic) bond motifs is 2. The van der Waals surface area contributed by atoms with Crippen molar-refractivity contribution in [1.82, 2.24) is 15.1 Å². The molecule has 27 heavy (non-hydrogen) atoms. The van der Waals surface area contributed by atoms with Gasteiger partial charge in [-0.3, -0.25) is 9.79 Å². The lowest BCUT2D eigenvalue weighted by atomic mass is 9.86. The molecular formula is C21H32N4O2. The molecule has 1 aromatic rings. The zero-order valence-electron chi connectivity index (χ0n) is 16.4. The number of hydrogen-bond donors (Lipinski definition) is 1. The third-order valence-electron chi connectivity index (χ3n) is 6.58. The first-order valence-corrected chi connectivity index (χ1v) is 10.6. The van der Waals surface area contributed by atoms with E-state index in [1.165, 1.54) is 32.1 Å². The topological polar surface area (TPSA) is 61.1 Å². The van der Waals surface area contributed by atoms with E-state index < -0.39 is 0 Å². The number of carbonyl (C=O) groups excluding carboxylic acids is 1. The van der Waals surface area contributed by atoms with Gasteiger partial charge < -0.3 is 19.5 Å². The van der Waals surface area contributed by atoms with Crippen molar-refractivity contribution in [1.29, 1.82) is 0 Å². The summed E-state index contributed by atoms with van der Waals surface area (Å²) in [5, 5.41) is 3.44. The van der Waals surface area contributed by atoms with Gasteiger partial charge in [-0.1, -0.05) is 6.42 Å². The summed E-state index contributed by atoms with van der Waals surface area (Å²) in [6.07, 6.45) is 8.60. The first kappa shape index (κ1) is 18.4. The van der Waals surface area contributed by atoms with E-state index in [9.17, 15) is 4.79 Å². The normalized spacial score (nSPS) is 28.0. The van der Waals surface area contributed by atoms with E-state index in [0.717, 1.165) is 49.9 Å². The van der Waals surface area contributed by atoms with Crippen LogP contribution in [0.25, 0.3) is 0 Å². The van der Waals surface area contributed by atoms with Crippen LogP contribution < -0.4 is 5.32 Å². The van der Waals surface area contributed by atoms with Crippen LogP contribution in [0.2, 0.25) is 0 Å². The summed E-state index contributed by atoms with van der Waals surface area (Å²) in [7, 11) is 0. The van der Waals surface area contributed by atoms with E-state index in [0.29, 0.717) is 18.8 Å². The van der Waals surface area contributed by atoms with Crippen LogP contribution in [0.3, 0.4) is 0 Å². The van der Waals surface area contributed by atoms with Gasteiger partial charge in [-0.2, -0.15) is 0 Å². The quantitative estimate of drug-likeness (QED) is 0.638. The summed E-state index contributed by atoms with van der Waals surface area (Å²) < 4.78 is 5.24. The molecule has 3 fully saturated rings. The minimum Gasteiger partial charge on any atom is -0.459 e. The molecule has 1 saturated heterocycles. The lowest BCUT2D eigenvalue weighted by Gasteiger charge is -2.36. The highest BCUT2D eigenvalue weighted by atomic mass is 16.3. The van der Waals surface area contributed by atoms with Crippen molar-refractivity contribution in [2.75, 3.05) is 39.3 Å². The average Bonchev–Trinajstić information content (AvgIpc) is 3.45. The molecule has 2 aliphatic carbocycles. The predicted molar refractivity (Wildman–Crippen MR) is 106 cm³/mol. The molecule has 1 aliphatic heterocycles. The van der Waals surface area contributed by atoms with E-state index in [2.05, 4.69) is 17.1 Å². The second-order valence-electron chi connectivity index (χ2n) is 8.22. The van der Waals surface area contributed by atoms with Crippen molar-refractivity contribution >= 4 is 11.9 Å². The number of nitrogens with one attached hydrogen (secondary N) is 1. The highest BCUT2D eigenvalue weighted by Crippen LogP contribution is 2.49. The molecular weight excluding hydrogens is 340 g/mol. The molecule has 3 unspecified atom stereocenters. The van der Waals surface area contributed by atoms with Gasteiger partial charge in [-0.15, -0.1) is 0 Å². The molecule has 3 atom stereocenters. The second-order valence-corrected chi connectivity index (χ2v) is 8.22. The first-order valence-electron chi connectivity index (χ1n) is 10.6. The molecule has 1 N–H and O–H groups in total. The summed E-state index contributed by atoms with van der Waals surface area (Å²) in [6.45, 7) is 6.94. The van der Waals surface area contributed by atoms with Gasteiger partial charge in [0.25, 0.3) is 5.91 Å². The Morgan fingerprint density at radius 2 is 2.04 bits per heavy atom. The Hall–Kier alpha value is -1.98. The molecule has 2 bridgehead atoms. The molecule has 0 aromatic carbocycles. The van der Waals surface area contributed by atoms with E-state index in [1.54, 1.807) is 18.4 Å². The average molecular weight is 373 g/mol. The maximum Gasteiger partial charge on any atom is 0.289 e. The first-order chi connectivity index (χ1) is 13.2. The number of furan rings is 1. The Morgan fingerprint density at radius 3 is 2.67 bits per heavy atom. The molecule has 6 heteroatoms. The maximum absolute atomic E-state index is 12.4. The van der Waals surface area contributed by atoms with Gasteiger partial charge in [0.15, 0.2) is 11.7 Å². The van der Waals surface area contributed by atoms with Crippen molar-refractivity contribution in [3.8, 4) is 0 Å². The number of aliphatic imine (C=N–C) groups is 1. The van der Waals surface area contributed by atoms with Crippen LogP contribution in [0.5, 0.6) is 0 Å². The van der Waals surface area contributed by atoms with Gasteiger partial charge in [-0.05, 0) is 62.5 Å². The highest BCUT2D eigenvalue weighted by Gasteiger charge is 2.38. The Morgan fingerprint density at radius 1 is 1.22 bits per heavy atom. The number of hydrogen-bond acceptors (Lipinski definition) is 3. The smallest absolute Gasteiger partial charge is 0.289 e. The van der Waals surface area contributed by atoms with E-state index in [-0.39, 0.29) is 5.91 Å². The van der Waals surface area contributed by atoms with Gasteiger partial charge in [0, 0.05) is 39.3 Å². The SMILES string of the molecule is CCNC(=NCCC1CC2CCC1C2)N1CCN(C(=O)c2ccco2)CC1. The predicted octanol–water partition coefficient (Wildman–Crippen LogP) is 2.83. The van der Waals surface area contributed by atoms with Crippen LogP contribution in [-0.4, -0.2) is 60.9 Å². The van der Waals surface area contributed by atoms with E-state index in [4.69, 9.17) is 9.41 Å². The number of amides is 1. The Balaban J connectivity index is 1.28. The second kappa shape index (κ2) is 8.36. The fraction of sp³-hybridized carbons (Fsp3) is 0.714. The van der Waals surface area contributed by atoms with Crippen molar-refractivity contribution < 1.29 is 9.21 Å². The van der Waals surface area contributed by atoms with Crippen LogP contribution in [0.1, 0.15) is 49.6 Å². The van der Waals surface area contributed by atoms with Crippen molar-refractivity contribution in [3.63, 3.8) is 0 Å². The van der Waals surface area contributed by atoms with Gasteiger partial charge in [0.2, 0.25) is 0 Å². The van der Waals surface area contributed by atoms with Crippen LogP contribution in [0.4, 0.5) is 0 Å². The number of guanidine groups is 1. The molecule has 2 saturated carbocycles. The third-order valence-corrected chi connectivity index (χ3v) is 6.58. The standard InChI is InChI=1S/C21H32N4O2/c1-2-22-21(23-8-7-18-15-16-5-6-17(18)14-16)25-11-9-24(10-12-25)20(26)19-4-3-13-27-19/h3-4,13,16-18H,2,5-12,14-15H2,1H3,(H,22,23). The van der Waals surface area contributed by atoms with Crippen molar-refractivity contribution in [2.24, 2.45) is 22.7 Å². The Kier molecular flexibility index (Phi) is 5.69. The molecule has 1 aromatic heterocycles. The van der Waals surface area contributed by atoms with Gasteiger partial charge in [-0.25, -0.2) is 0 Å². The summed E-state index contributed by atoms with van der Waals surface area (Å²) in [5.41, 5.74) is 0. The lowest BCUT2D eigenvalue weighted by Crippen LogP contribution is -2.53. The highest BCUT2D eigenvalue weighted by molar-refractivity contribution is 5.91. The van der Waals surface area contributed by atoms with Gasteiger partial charge in [0.05, 0.1) is 6.26 Å². The monoisotopic (exact) mass is 372 g/mol. The fourth-order valence-electron chi connectivity index (χ4n) is 5.17. The summed E-state index contributed by atoms with van der Waals surface area (Å²) in [6, 6.07) is 3.49. The van der Waals surface area contributed by atoms with Crippen LogP contribution >= 0.6 is 0 Å². The summed E-state index contributed by atoms with van der Waals surface area (Å²) in [4.78, 5) is 21.5. The summed E-state index contributed by atoms with van der Waals surface area (Å²) >= 11 is 0. The van der Waals surface area contributed by atoms with Gasteiger partial charge >= 0.3 is 0 Å². The van der Waals surface area contributed by atoms with E-state index in [1.807, 2.05) is 4.90 Å². The molecule has 0 spiro atoms. The van der Waals surface area contributed by atoms with E-state index >= 15 is 0 Å². The molecule has 3 aliphatic rings. The lowest BCUT2D eigenvalue weighted by molar-refractivity contribution is 0.0657. The molecule has 2 heterocycles. The third kappa shape index (κ3) is 4.14. The van der Waals surface area contributed by atoms with Crippen LogP contribution in [0.15, 0.2) is 27.8 Å². The Bertz CT molecular complexity index is 649. The summed E-state index contributed by atoms with van der Waals surface area (Å²) in [5.74, 6) is 4.30. The van der Waals surface area contributed by atoms with Crippen molar-refractivity contribution in [3.05, 3.63) is 24.2 Å². The fourth-order valence-corrected chi connectivity index (χ4v) is 5.17. The zero-order valence-corrected chi connectivity index (χ0v) is 16.4. The molecule has 148 valence electrons. The largest absolute Gasteiger partial charge is 0.459 e. The number of carbonyl (C=O) groups is 1. The van der Waals surface area contributed by atoms with Crippen LogP contribution in [-0.2, 0) is 0 Å². The molecule has 1 amide bonds. The Labute approximate surface area is 162 Å².